The van der Waals surface area contributed by atoms with Gasteiger partial charge in [0.1, 0.15) is 0 Å². The van der Waals surface area contributed by atoms with E-state index in [9.17, 15) is 23.1 Å². The first-order valence-corrected chi connectivity index (χ1v) is 5.02. The van der Waals surface area contributed by atoms with Crippen molar-refractivity contribution in [3.63, 3.8) is 0 Å². The minimum absolute atomic E-state index is 0.0857. The highest BCUT2D eigenvalue weighted by atomic mass is 19.4. The molecule has 1 rings (SSSR count). The maximum absolute atomic E-state index is 12.3. The van der Waals surface area contributed by atoms with Crippen LogP contribution in [0, 0.1) is 0 Å². The van der Waals surface area contributed by atoms with Gasteiger partial charge in [-0.3, -0.25) is 4.79 Å². The van der Waals surface area contributed by atoms with Crippen LogP contribution in [0.15, 0.2) is 24.3 Å². The van der Waals surface area contributed by atoms with Crippen LogP contribution in [0.1, 0.15) is 36.2 Å². The molecule has 2 nitrogen and oxygen atoms in total. The number of ketones is 1. The summed E-state index contributed by atoms with van der Waals surface area (Å²) < 4.78 is 36.8. The van der Waals surface area contributed by atoms with Crippen LogP contribution in [-0.2, 0) is 5.60 Å². The first-order chi connectivity index (χ1) is 7.62. The monoisotopic (exact) mass is 246 g/mol. The topological polar surface area (TPSA) is 37.3 Å². The van der Waals surface area contributed by atoms with Crippen molar-refractivity contribution in [3.8, 4) is 0 Å². The predicted octanol–water partition coefficient (Wildman–Crippen LogP) is 3.05. The van der Waals surface area contributed by atoms with E-state index >= 15 is 0 Å². The van der Waals surface area contributed by atoms with Crippen LogP contribution >= 0.6 is 0 Å². The van der Waals surface area contributed by atoms with Crippen molar-refractivity contribution in [1.82, 2.24) is 0 Å². The van der Waals surface area contributed by atoms with Gasteiger partial charge in [0.05, 0.1) is 12.0 Å². The molecular weight excluding hydrogens is 233 g/mol. The Bertz CT molecular complexity index is 422. The highest BCUT2D eigenvalue weighted by molar-refractivity contribution is 5.94. The number of alkyl halides is 3. The molecule has 94 valence electrons. The molecule has 0 aromatic heterocycles. The van der Waals surface area contributed by atoms with Crippen molar-refractivity contribution in [2.45, 2.75) is 32.0 Å². The zero-order valence-corrected chi connectivity index (χ0v) is 9.51. The molecule has 0 radical (unpaired) electrons. The second kappa shape index (κ2) is 4.49. The van der Waals surface area contributed by atoms with Crippen LogP contribution in [0.4, 0.5) is 13.2 Å². The minimum atomic E-state index is -4.46. The molecule has 1 aromatic carbocycles. The molecule has 1 unspecified atom stereocenters. The molecule has 0 spiro atoms. The zero-order chi connectivity index (χ0) is 13.3. The van der Waals surface area contributed by atoms with E-state index in [0.29, 0.717) is 0 Å². The fourth-order valence-corrected chi connectivity index (χ4v) is 1.57. The number of carbonyl (C=O) groups excluding carboxylic acids is 1. The van der Waals surface area contributed by atoms with E-state index in [1.807, 2.05) is 0 Å². The lowest BCUT2D eigenvalue weighted by Gasteiger charge is -2.25. The Labute approximate surface area is 97.1 Å². The highest BCUT2D eigenvalue weighted by Crippen LogP contribution is 2.34. The van der Waals surface area contributed by atoms with E-state index in [1.165, 1.54) is 31.2 Å². The van der Waals surface area contributed by atoms with Crippen molar-refractivity contribution in [3.05, 3.63) is 35.4 Å². The maximum atomic E-state index is 12.3. The van der Waals surface area contributed by atoms with Crippen LogP contribution < -0.4 is 0 Å². The van der Waals surface area contributed by atoms with Crippen LogP contribution in [0.25, 0.3) is 0 Å². The number of benzene rings is 1. The molecule has 17 heavy (non-hydrogen) atoms. The summed E-state index contributed by atoms with van der Waals surface area (Å²) in [7, 11) is 0. The molecule has 1 N–H and O–H groups in total. The van der Waals surface area contributed by atoms with Crippen LogP contribution in [0.5, 0.6) is 0 Å². The van der Waals surface area contributed by atoms with Crippen molar-refractivity contribution in [1.29, 1.82) is 0 Å². The average Bonchev–Trinajstić information content (AvgIpc) is 2.14. The van der Waals surface area contributed by atoms with Crippen molar-refractivity contribution >= 4 is 5.78 Å². The smallest absolute Gasteiger partial charge is 0.385 e. The van der Waals surface area contributed by atoms with E-state index in [1.54, 1.807) is 0 Å². The molecule has 0 saturated carbocycles. The Morgan fingerprint density at radius 3 is 2.41 bits per heavy atom. The summed E-state index contributed by atoms with van der Waals surface area (Å²) in [6, 6.07) is 5.61. The van der Waals surface area contributed by atoms with E-state index in [0.717, 1.165) is 6.92 Å². The van der Waals surface area contributed by atoms with E-state index < -0.39 is 18.2 Å². The Morgan fingerprint density at radius 2 is 1.94 bits per heavy atom. The van der Waals surface area contributed by atoms with Gasteiger partial charge >= 0.3 is 6.18 Å². The molecule has 0 aliphatic rings. The zero-order valence-electron chi connectivity index (χ0n) is 9.51. The molecule has 1 atom stereocenters. The summed E-state index contributed by atoms with van der Waals surface area (Å²) >= 11 is 0. The molecule has 0 aliphatic carbocycles. The first kappa shape index (κ1) is 13.7. The normalized spacial score (nSPS) is 15.4. The molecule has 0 fully saturated rings. The van der Waals surface area contributed by atoms with Crippen LogP contribution in [0.3, 0.4) is 0 Å². The molecule has 0 saturated heterocycles. The van der Waals surface area contributed by atoms with Gasteiger partial charge in [-0.15, -0.1) is 0 Å². The largest absolute Gasteiger partial charge is 0.392 e. The van der Waals surface area contributed by atoms with E-state index in [-0.39, 0.29) is 16.9 Å². The third-order valence-corrected chi connectivity index (χ3v) is 2.44. The quantitative estimate of drug-likeness (QED) is 0.832. The fourth-order valence-electron chi connectivity index (χ4n) is 1.57. The van der Waals surface area contributed by atoms with Gasteiger partial charge in [-0.2, -0.15) is 13.2 Å². The highest BCUT2D eigenvalue weighted by Gasteiger charge is 2.39. The SMILES string of the molecule is CC(=O)c1cccc(C(C)(O)CC(F)(F)F)c1. The summed E-state index contributed by atoms with van der Waals surface area (Å²) in [6.45, 7) is 2.40. The van der Waals surface area contributed by atoms with Gasteiger partial charge in [-0.25, -0.2) is 0 Å². The van der Waals surface area contributed by atoms with Gasteiger partial charge in [0.2, 0.25) is 0 Å². The maximum Gasteiger partial charge on any atom is 0.392 e. The summed E-state index contributed by atoms with van der Waals surface area (Å²) in [5, 5.41) is 9.80. The summed E-state index contributed by atoms with van der Waals surface area (Å²) in [4.78, 5) is 11.1. The minimum Gasteiger partial charge on any atom is -0.385 e. The van der Waals surface area contributed by atoms with Gasteiger partial charge in [-0.05, 0) is 25.5 Å². The summed E-state index contributed by atoms with van der Waals surface area (Å²) in [5.41, 5.74) is -1.66. The number of hydrogen-bond donors (Lipinski definition) is 1. The number of carbonyl (C=O) groups is 1. The summed E-state index contributed by atoms with van der Waals surface area (Å²) in [5.74, 6) is -0.255. The third-order valence-electron chi connectivity index (χ3n) is 2.44. The molecule has 0 aliphatic heterocycles. The molecule has 5 heteroatoms. The molecule has 0 bridgehead atoms. The predicted molar refractivity (Wildman–Crippen MR) is 56.7 cm³/mol. The number of Topliss-reactive ketones (excluding diaryl/α,β-unsaturated/α-hetero) is 1. The van der Waals surface area contributed by atoms with Crippen LogP contribution in [-0.4, -0.2) is 17.1 Å². The van der Waals surface area contributed by atoms with E-state index in [4.69, 9.17) is 0 Å². The van der Waals surface area contributed by atoms with Crippen molar-refractivity contribution in [2.75, 3.05) is 0 Å². The Morgan fingerprint density at radius 1 is 1.35 bits per heavy atom. The van der Waals surface area contributed by atoms with Crippen molar-refractivity contribution in [2.24, 2.45) is 0 Å². The lowest BCUT2D eigenvalue weighted by molar-refractivity contribution is -0.174. The summed E-state index contributed by atoms with van der Waals surface area (Å²) in [6.07, 6.45) is -5.81. The Hall–Kier alpha value is -1.36. The van der Waals surface area contributed by atoms with Gasteiger partial charge in [0.15, 0.2) is 5.78 Å². The Kier molecular flexibility index (Phi) is 3.62. The number of halogens is 3. The lowest BCUT2D eigenvalue weighted by Crippen LogP contribution is -2.29. The van der Waals surface area contributed by atoms with Gasteiger partial charge in [0.25, 0.3) is 0 Å². The number of aliphatic hydroxyl groups is 1. The molecule has 0 amide bonds. The first-order valence-electron chi connectivity index (χ1n) is 5.02. The number of rotatable bonds is 3. The third kappa shape index (κ3) is 3.85. The Balaban J connectivity index is 3.06. The second-order valence-electron chi connectivity index (χ2n) is 4.20. The van der Waals surface area contributed by atoms with Crippen LogP contribution in [0.2, 0.25) is 0 Å². The van der Waals surface area contributed by atoms with E-state index in [2.05, 4.69) is 0 Å². The average molecular weight is 246 g/mol. The fraction of sp³-hybridized carbons (Fsp3) is 0.417. The second-order valence-corrected chi connectivity index (χ2v) is 4.20. The molecule has 1 aromatic rings. The standard InChI is InChI=1S/C12H13F3O2/c1-8(16)9-4-3-5-10(6-9)11(2,17)7-12(13,14)15/h3-6,17H,7H2,1-2H3. The molecule has 0 heterocycles. The van der Waals surface area contributed by atoms with Crippen molar-refractivity contribution < 1.29 is 23.1 Å². The van der Waals surface area contributed by atoms with Gasteiger partial charge in [0, 0.05) is 5.56 Å². The lowest BCUT2D eigenvalue weighted by atomic mass is 9.90. The molecular formula is C12H13F3O2. The van der Waals surface area contributed by atoms with Gasteiger partial charge in [-0.1, -0.05) is 18.2 Å². The van der Waals surface area contributed by atoms with Gasteiger partial charge < -0.3 is 5.11 Å². The number of hydrogen-bond acceptors (Lipinski definition) is 2.